The van der Waals surface area contributed by atoms with Crippen molar-refractivity contribution in [3.8, 4) is 0 Å². The van der Waals surface area contributed by atoms with Gasteiger partial charge in [0, 0.05) is 25.2 Å². The first kappa shape index (κ1) is 11.6. The van der Waals surface area contributed by atoms with Gasteiger partial charge in [-0.2, -0.15) is 0 Å². The molecule has 2 rings (SSSR count). The Morgan fingerprint density at radius 2 is 1.94 bits per heavy atom. The molecule has 3 atom stereocenters. The Morgan fingerprint density at radius 3 is 2.62 bits per heavy atom. The molecule has 0 aliphatic carbocycles. The van der Waals surface area contributed by atoms with E-state index in [9.17, 15) is 0 Å². The van der Waals surface area contributed by atoms with Crippen LogP contribution in [0.15, 0.2) is 30.3 Å². The van der Waals surface area contributed by atoms with Gasteiger partial charge >= 0.3 is 0 Å². The van der Waals surface area contributed by atoms with Crippen LogP contribution in [0, 0.1) is 5.92 Å². The Kier molecular flexibility index (Phi) is 3.62. The Morgan fingerprint density at radius 1 is 1.25 bits per heavy atom. The number of likely N-dealkylation sites (tertiary alicyclic amines) is 1. The van der Waals surface area contributed by atoms with E-state index in [0.717, 1.165) is 18.9 Å². The van der Waals surface area contributed by atoms with Gasteiger partial charge in [-0.05, 0) is 24.8 Å². The fourth-order valence-corrected chi connectivity index (χ4v) is 2.60. The molecule has 1 saturated heterocycles. The molecule has 0 aromatic heterocycles. The van der Waals surface area contributed by atoms with Gasteiger partial charge in [-0.3, -0.25) is 4.90 Å². The molecule has 2 N–H and O–H groups in total. The molecule has 2 nitrogen and oxygen atoms in total. The van der Waals surface area contributed by atoms with Gasteiger partial charge in [0.05, 0.1) is 0 Å². The van der Waals surface area contributed by atoms with Gasteiger partial charge in [-0.15, -0.1) is 0 Å². The van der Waals surface area contributed by atoms with Gasteiger partial charge in [0.15, 0.2) is 0 Å². The summed E-state index contributed by atoms with van der Waals surface area (Å²) < 4.78 is 0. The lowest BCUT2D eigenvalue weighted by Crippen LogP contribution is -2.52. The fraction of sp³-hybridized carbons (Fsp3) is 0.571. The highest BCUT2D eigenvalue weighted by molar-refractivity contribution is 5.14. The van der Waals surface area contributed by atoms with Gasteiger partial charge in [-0.25, -0.2) is 0 Å². The van der Waals surface area contributed by atoms with Gasteiger partial charge < -0.3 is 5.73 Å². The van der Waals surface area contributed by atoms with Crippen molar-refractivity contribution in [1.82, 2.24) is 4.90 Å². The van der Waals surface area contributed by atoms with Crippen molar-refractivity contribution in [2.45, 2.75) is 38.9 Å². The number of hydrogen-bond donors (Lipinski definition) is 1. The summed E-state index contributed by atoms with van der Waals surface area (Å²) >= 11 is 0. The summed E-state index contributed by atoms with van der Waals surface area (Å²) in [6.07, 6.45) is 1.16. The molecule has 1 heterocycles. The molecule has 1 aliphatic heterocycles. The zero-order valence-corrected chi connectivity index (χ0v) is 10.3. The molecule has 0 bridgehead atoms. The lowest BCUT2D eigenvalue weighted by molar-refractivity contribution is 0.0986. The van der Waals surface area contributed by atoms with Crippen LogP contribution in [0.1, 0.15) is 25.8 Å². The number of hydrogen-bond acceptors (Lipinski definition) is 2. The molecule has 0 unspecified atom stereocenters. The number of piperidine rings is 1. The van der Waals surface area contributed by atoms with Crippen LogP contribution in [-0.2, 0) is 6.54 Å². The molecule has 88 valence electrons. The largest absolute Gasteiger partial charge is 0.326 e. The highest BCUT2D eigenvalue weighted by atomic mass is 15.2. The Balaban J connectivity index is 2.03. The van der Waals surface area contributed by atoms with Crippen LogP contribution in [-0.4, -0.2) is 23.5 Å². The normalized spacial score (nSPS) is 31.6. The first-order valence-electron chi connectivity index (χ1n) is 6.20. The van der Waals surface area contributed by atoms with E-state index in [4.69, 9.17) is 5.73 Å². The molecule has 0 radical (unpaired) electrons. The van der Waals surface area contributed by atoms with Crippen LogP contribution in [0.25, 0.3) is 0 Å². The molecular formula is C14H22N2. The number of benzene rings is 1. The summed E-state index contributed by atoms with van der Waals surface area (Å²) in [7, 11) is 0. The molecule has 1 aromatic rings. The van der Waals surface area contributed by atoms with E-state index in [1.165, 1.54) is 12.1 Å². The van der Waals surface area contributed by atoms with E-state index in [1.54, 1.807) is 0 Å². The summed E-state index contributed by atoms with van der Waals surface area (Å²) in [5.74, 6) is 0.718. The predicted octanol–water partition coefficient (Wildman–Crippen LogP) is 2.24. The van der Waals surface area contributed by atoms with Crippen molar-refractivity contribution >= 4 is 0 Å². The standard InChI is InChI=1S/C14H22N2/c1-11-8-14(15)12(2)16(9-11)10-13-6-4-3-5-7-13/h3-7,11-12,14H,8-10,15H2,1-2H3/t11-,12-,14-/m1/s1. The van der Waals surface area contributed by atoms with Crippen molar-refractivity contribution in [1.29, 1.82) is 0 Å². The second-order valence-corrected chi connectivity index (χ2v) is 5.16. The van der Waals surface area contributed by atoms with Crippen molar-refractivity contribution in [2.24, 2.45) is 11.7 Å². The number of rotatable bonds is 2. The van der Waals surface area contributed by atoms with Crippen molar-refractivity contribution in [3.63, 3.8) is 0 Å². The van der Waals surface area contributed by atoms with Gasteiger partial charge in [0.25, 0.3) is 0 Å². The van der Waals surface area contributed by atoms with Gasteiger partial charge in [0.1, 0.15) is 0 Å². The van der Waals surface area contributed by atoms with Gasteiger partial charge in [-0.1, -0.05) is 37.3 Å². The van der Waals surface area contributed by atoms with Crippen LogP contribution in [0.4, 0.5) is 0 Å². The maximum Gasteiger partial charge on any atom is 0.0237 e. The summed E-state index contributed by atoms with van der Waals surface area (Å²) in [4.78, 5) is 2.51. The molecule has 0 saturated carbocycles. The van der Waals surface area contributed by atoms with E-state index in [-0.39, 0.29) is 0 Å². The molecule has 1 aliphatic rings. The minimum Gasteiger partial charge on any atom is -0.326 e. The number of nitrogens with zero attached hydrogens (tertiary/aromatic N) is 1. The first-order chi connectivity index (χ1) is 7.66. The summed E-state index contributed by atoms with van der Waals surface area (Å²) in [5, 5.41) is 0. The van der Waals surface area contributed by atoms with Crippen molar-refractivity contribution in [2.75, 3.05) is 6.54 Å². The topological polar surface area (TPSA) is 29.3 Å². The third-order valence-corrected chi connectivity index (χ3v) is 3.64. The van der Waals surface area contributed by atoms with E-state index >= 15 is 0 Å². The van der Waals surface area contributed by atoms with E-state index in [2.05, 4.69) is 49.1 Å². The molecule has 0 amide bonds. The van der Waals surface area contributed by atoms with Crippen LogP contribution >= 0.6 is 0 Å². The Labute approximate surface area is 98.4 Å². The predicted molar refractivity (Wildman–Crippen MR) is 68.1 cm³/mol. The zero-order chi connectivity index (χ0) is 11.5. The molecule has 2 heteroatoms. The minimum absolute atomic E-state index is 0.326. The molecule has 16 heavy (non-hydrogen) atoms. The SMILES string of the molecule is C[C@@H]1C[C@@H](N)[C@@H](C)N(Cc2ccccc2)C1. The monoisotopic (exact) mass is 218 g/mol. The number of nitrogens with two attached hydrogens (primary N) is 1. The van der Waals surface area contributed by atoms with Crippen LogP contribution < -0.4 is 5.73 Å². The van der Waals surface area contributed by atoms with Crippen LogP contribution in [0.3, 0.4) is 0 Å². The third-order valence-electron chi connectivity index (χ3n) is 3.64. The van der Waals surface area contributed by atoms with E-state index < -0.39 is 0 Å². The second kappa shape index (κ2) is 4.98. The maximum atomic E-state index is 6.17. The zero-order valence-electron chi connectivity index (χ0n) is 10.3. The fourth-order valence-electron chi connectivity index (χ4n) is 2.60. The van der Waals surface area contributed by atoms with Crippen molar-refractivity contribution in [3.05, 3.63) is 35.9 Å². The molecule has 1 aromatic carbocycles. The van der Waals surface area contributed by atoms with Crippen molar-refractivity contribution < 1.29 is 0 Å². The van der Waals surface area contributed by atoms with Gasteiger partial charge in [0.2, 0.25) is 0 Å². The van der Waals surface area contributed by atoms with Crippen LogP contribution in [0.5, 0.6) is 0 Å². The quantitative estimate of drug-likeness (QED) is 0.825. The molecule has 0 spiro atoms. The first-order valence-corrected chi connectivity index (χ1v) is 6.20. The molecular weight excluding hydrogens is 196 g/mol. The highest BCUT2D eigenvalue weighted by Crippen LogP contribution is 2.22. The smallest absolute Gasteiger partial charge is 0.0237 e. The summed E-state index contributed by atoms with van der Waals surface area (Å²) in [6.45, 7) is 6.74. The molecule has 1 fully saturated rings. The Hall–Kier alpha value is -0.860. The second-order valence-electron chi connectivity index (χ2n) is 5.16. The minimum atomic E-state index is 0.326. The van der Waals surface area contributed by atoms with E-state index in [0.29, 0.717) is 12.1 Å². The average molecular weight is 218 g/mol. The van der Waals surface area contributed by atoms with Crippen LogP contribution in [0.2, 0.25) is 0 Å². The maximum absolute atomic E-state index is 6.17. The lowest BCUT2D eigenvalue weighted by atomic mass is 9.90. The van der Waals surface area contributed by atoms with E-state index in [1.807, 2.05) is 0 Å². The summed E-state index contributed by atoms with van der Waals surface area (Å²) in [6, 6.07) is 11.5. The Bertz CT molecular complexity index is 323. The lowest BCUT2D eigenvalue weighted by Gasteiger charge is -2.40. The third kappa shape index (κ3) is 2.63. The summed E-state index contributed by atoms with van der Waals surface area (Å²) in [5.41, 5.74) is 7.56. The highest BCUT2D eigenvalue weighted by Gasteiger charge is 2.28. The average Bonchev–Trinajstić information content (AvgIpc) is 2.27.